The maximum Gasteiger partial charge on any atom is 0.186 e. The lowest BCUT2D eigenvalue weighted by Gasteiger charge is -1.99. The van der Waals surface area contributed by atoms with Gasteiger partial charge in [-0.05, 0) is 22.0 Å². The Morgan fingerprint density at radius 3 is 3.00 bits per heavy atom. The number of nitrogens with zero attached hydrogens (tertiary/aromatic N) is 2. The second-order valence-corrected chi connectivity index (χ2v) is 5.13. The number of aryl methyl sites for hydroxylation is 1. The van der Waals surface area contributed by atoms with Crippen LogP contribution in [0.15, 0.2) is 28.4 Å². The third kappa shape index (κ3) is 2.35. The molecule has 0 aliphatic carbocycles. The summed E-state index contributed by atoms with van der Waals surface area (Å²) in [6.45, 7) is 0. The third-order valence-corrected chi connectivity index (χ3v) is 3.76. The summed E-state index contributed by atoms with van der Waals surface area (Å²) in [5, 5.41) is 1.98. The lowest BCUT2D eigenvalue weighted by Crippen LogP contribution is -2.07. The Bertz CT molecular complexity index is 489. The SMILES string of the molecule is Cn1cncc1C(=O)Cc1cc(Br)cs1. The van der Waals surface area contributed by atoms with E-state index in [4.69, 9.17) is 0 Å². The summed E-state index contributed by atoms with van der Waals surface area (Å²) < 4.78 is 2.77. The molecular weight excluding hydrogens is 276 g/mol. The predicted octanol–water partition coefficient (Wildman–Crippen LogP) is 2.67. The first kappa shape index (κ1) is 10.6. The molecule has 0 fully saturated rings. The van der Waals surface area contributed by atoms with Crippen molar-refractivity contribution < 1.29 is 4.79 Å². The van der Waals surface area contributed by atoms with Crippen LogP contribution in [0.1, 0.15) is 15.4 Å². The summed E-state index contributed by atoms with van der Waals surface area (Å²) in [6.07, 6.45) is 3.68. The second kappa shape index (κ2) is 4.28. The van der Waals surface area contributed by atoms with E-state index in [1.54, 1.807) is 28.4 Å². The van der Waals surface area contributed by atoms with Crippen LogP contribution in [0.4, 0.5) is 0 Å². The highest BCUT2D eigenvalue weighted by Crippen LogP contribution is 2.21. The molecule has 0 spiro atoms. The van der Waals surface area contributed by atoms with E-state index in [0.29, 0.717) is 12.1 Å². The summed E-state index contributed by atoms with van der Waals surface area (Å²) in [4.78, 5) is 16.8. The number of thiophene rings is 1. The molecule has 0 bridgehead atoms. The number of aromatic nitrogens is 2. The highest BCUT2D eigenvalue weighted by molar-refractivity contribution is 9.10. The molecule has 0 amide bonds. The van der Waals surface area contributed by atoms with Crippen LogP contribution in [-0.4, -0.2) is 15.3 Å². The van der Waals surface area contributed by atoms with Gasteiger partial charge in [0.25, 0.3) is 0 Å². The molecule has 0 atom stereocenters. The van der Waals surface area contributed by atoms with Crippen molar-refractivity contribution in [1.82, 2.24) is 9.55 Å². The van der Waals surface area contributed by atoms with Gasteiger partial charge in [-0.25, -0.2) is 4.98 Å². The minimum atomic E-state index is 0.101. The van der Waals surface area contributed by atoms with Gasteiger partial charge in [0.15, 0.2) is 5.78 Å². The number of Topliss-reactive ketones (excluding diaryl/α,β-unsaturated/α-hetero) is 1. The Kier molecular flexibility index (Phi) is 3.02. The summed E-state index contributed by atoms with van der Waals surface area (Å²) >= 11 is 4.95. The van der Waals surface area contributed by atoms with Gasteiger partial charge in [0.1, 0.15) is 5.69 Å². The third-order valence-electron chi connectivity index (χ3n) is 2.06. The Balaban J connectivity index is 2.14. The molecule has 0 saturated heterocycles. The monoisotopic (exact) mass is 284 g/mol. The van der Waals surface area contributed by atoms with Crippen LogP contribution in [0.2, 0.25) is 0 Å². The summed E-state index contributed by atoms with van der Waals surface area (Å²) in [5.74, 6) is 0.101. The second-order valence-electron chi connectivity index (χ2n) is 3.22. The molecule has 15 heavy (non-hydrogen) atoms. The van der Waals surface area contributed by atoms with Crippen LogP contribution in [0.25, 0.3) is 0 Å². The molecule has 2 heterocycles. The lowest BCUT2D eigenvalue weighted by molar-refractivity contribution is 0.0986. The number of imidazole rings is 1. The maximum absolute atomic E-state index is 11.8. The van der Waals surface area contributed by atoms with E-state index in [1.165, 1.54) is 0 Å². The molecule has 0 aromatic carbocycles. The van der Waals surface area contributed by atoms with Crippen molar-refractivity contribution >= 4 is 33.0 Å². The van der Waals surface area contributed by atoms with Crippen LogP contribution in [0, 0.1) is 0 Å². The molecule has 0 unspecified atom stereocenters. The van der Waals surface area contributed by atoms with Crippen LogP contribution >= 0.6 is 27.3 Å². The molecule has 2 aromatic rings. The lowest BCUT2D eigenvalue weighted by atomic mass is 10.2. The molecule has 0 N–H and O–H groups in total. The van der Waals surface area contributed by atoms with Crippen molar-refractivity contribution in [2.75, 3.05) is 0 Å². The largest absolute Gasteiger partial charge is 0.331 e. The van der Waals surface area contributed by atoms with Gasteiger partial charge in [-0.2, -0.15) is 0 Å². The Labute approximate surface area is 99.9 Å². The van der Waals surface area contributed by atoms with Gasteiger partial charge >= 0.3 is 0 Å². The van der Waals surface area contributed by atoms with Gasteiger partial charge in [-0.15, -0.1) is 11.3 Å². The Morgan fingerprint density at radius 2 is 2.47 bits per heavy atom. The predicted molar refractivity (Wildman–Crippen MR) is 63.3 cm³/mol. The number of carbonyl (C=O) groups excluding carboxylic acids is 1. The topological polar surface area (TPSA) is 34.9 Å². The van der Waals surface area contributed by atoms with Crippen molar-refractivity contribution in [3.8, 4) is 0 Å². The van der Waals surface area contributed by atoms with Crippen molar-refractivity contribution in [3.05, 3.63) is 39.0 Å². The smallest absolute Gasteiger partial charge is 0.186 e. The van der Waals surface area contributed by atoms with Gasteiger partial charge in [0.2, 0.25) is 0 Å². The quantitative estimate of drug-likeness (QED) is 0.813. The Morgan fingerprint density at radius 1 is 1.67 bits per heavy atom. The van der Waals surface area contributed by atoms with E-state index in [1.807, 2.05) is 18.5 Å². The summed E-state index contributed by atoms with van der Waals surface area (Å²) in [6, 6.07) is 1.97. The first-order chi connectivity index (χ1) is 7.16. The number of halogens is 1. The standard InChI is InChI=1S/C10H9BrN2OS/c1-13-6-12-4-9(13)10(14)3-8-2-7(11)5-15-8/h2,4-6H,3H2,1H3. The number of rotatable bonds is 3. The molecule has 0 aliphatic rings. The fourth-order valence-electron chi connectivity index (χ4n) is 1.32. The van der Waals surface area contributed by atoms with Crippen LogP contribution in [-0.2, 0) is 13.5 Å². The molecule has 2 rings (SSSR count). The van der Waals surface area contributed by atoms with Crippen molar-refractivity contribution in [2.24, 2.45) is 7.05 Å². The minimum Gasteiger partial charge on any atom is -0.331 e. The molecule has 3 nitrogen and oxygen atoms in total. The van der Waals surface area contributed by atoms with Crippen LogP contribution in [0.3, 0.4) is 0 Å². The number of hydrogen-bond donors (Lipinski definition) is 0. The van der Waals surface area contributed by atoms with Gasteiger partial charge < -0.3 is 4.57 Å². The van der Waals surface area contributed by atoms with Crippen molar-refractivity contribution in [2.45, 2.75) is 6.42 Å². The number of ketones is 1. The first-order valence-electron chi connectivity index (χ1n) is 4.39. The highest BCUT2D eigenvalue weighted by Gasteiger charge is 2.11. The fourth-order valence-corrected chi connectivity index (χ4v) is 2.77. The molecule has 0 aliphatic heterocycles. The van der Waals surface area contributed by atoms with Gasteiger partial charge in [0, 0.05) is 28.2 Å². The molecule has 5 heteroatoms. The van der Waals surface area contributed by atoms with E-state index in [-0.39, 0.29) is 5.78 Å². The first-order valence-corrected chi connectivity index (χ1v) is 6.06. The summed E-state index contributed by atoms with van der Waals surface area (Å²) in [5.41, 5.74) is 0.652. The van der Waals surface area contributed by atoms with Crippen LogP contribution in [0.5, 0.6) is 0 Å². The molecule has 2 aromatic heterocycles. The van der Waals surface area contributed by atoms with Gasteiger partial charge in [-0.1, -0.05) is 0 Å². The number of carbonyl (C=O) groups is 1. The fraction of sp³-hybridized carbons (Fsp3) is 0.200. The molecule has 78 valence electrons. The molecule has 0 saturated carbocycles. The van der Waals surface area contributed by atoms with E-state index in [2.05, 4.69) is 20.9 Å². The van der Waals surface area contributed by atoms with E-state index in [9.17, 15) is 4.79 Å². The Hall–Kier alpha value is -0.940. The highest BCUT2D eigenvalue weighted by atomic mass is 79.9. The number of hydrogen-bond acceptors (Lipinski definition) is 3. The summed E-state index contributed by atoms with van der Waals surface area (Å²) in [7, 11) is 1.82. The van der Waals surface area contributed by atoms with Crippen molar-refractivity contribution in [1.29, 1.82) is 0 Å². The van der Waals surface area contributed by atoms with Crippen molar-refractivity contribution in [3.63, 3.8) is 0 Å². The average molecular weight is 285 g/mol. The van der Waals surface area contributed by atoms with Gasteiger partial charge in [-0.3, -0.25) is 4.79 Å². The van der Waals surface area contributed by atoms with Gasteiger partial charge in [0.05, 0.1) is 12.5 Å². The maximum atomic E-state index is 11.8. The molecule has 0 radical (unpaired) electrons. The van der Waals surface area contributed by atoms with E-state index < -0.39 is 0 Å². The molecular formula is C10H9BrN2OS. The average Bonchev–Trinajstić information content (AvgIpc) is 2.75. The zero-order chi connectivity index (χ0) is 10.8. The minimum absolute atomic E-state index is 0.101. The van der Waals surface area contributed by atoms with Crippen LogP contribution < -0.4 is 0 Å². The zero-order valence-electron chi connectivity index (χ0n) is 8.11. The van der Waals surface area contributed by atoms with E-state index >= 15 is 0 Å². The normalized spacial score (nSPS) is 10.5. The van der Waals surface area contributed by atoms with E-state index in [0.717, 1.165) is 9.35 Å². The zero-order valence-corrected chi connectivity index (χ0v) is 10.5.